The van der Waals surface area contributed by atoms with E-state index < -0.39 is 12.1 Å². The van der Waals surface area contributed by atoms with Gasteiger partial charge in [-0.2, -0.15) is 0 Å². The van der Waals surface area contributed by atoms with Crippen LogP contribution in [0.4, 0.5) is 15.3 Å². The van der Waals surface area contributed by atoms with Gasteiger partial charge in [-0.15, -0.1) is 0 Å². The number of ether oxygens (including phenoxy) is 5. The van der Waals surface area contributed by atoms with Crippen LogP contribution in [0.5, 0.6) is 0 Å². The van der Waals surface area contributed by atoms with Crippen LogP contribution < -0.4 is 27.4 Å². The van der Waals surface area contributed by atoms with Gasteiger partial charge in [-0.25, -0.2) is 9.59 Å². The molecule has 7 N–H and O–H groups in total. The first-order chi connectivity index (χ1) is 22.9. The minimum Gasteiger partial charge on any atom is -0.445 e. The number of amides is 3. The number of ketones is 2. The molecule has 0 heterocycles. The lowest BCUT2D eigenvalue weighted by atomic mass is 9.99. The Hall–Kier alpha value is -3.92. The Labute approximate surface area is 276 Å². The number of rotatable bonds is 26. The summed E-state index contributed by atoms with van der Waals surface area (Å²) in [5.41, 5.74) is 12.7. The van der Waals surface area contributed by atoms with Crippen LogP contribution in [0.25, 0.3) is 0 Å². The first-order valence-electron chi connectivity index (χ1n) is 15.8. The fraction of sp³-hybridized carbons (Fsp3) is 0.515. The Kier molecular flexibility index (Phi) is 21.1. The Bertz CT molecular complexity index is 1160. The molecule has 260 valence electrons. The average Bonchev–Trinajstić information content (AvgIpc) is 3.08. The second-order valence-electron chi connectivity index (χ2n) is 10.2. The molecule has 0 saturated heterocycles. The highest BCUT2D eigenvalue weighted by Crippen LogP contribution is 2.19. The summed E-state index contributed by atoms with van der Waals surface area (Å²) in [5.74, 6) is -0.333. The number of carbonyl (C=O) groups is 4. The van der Waals surface area contributed by atoms with Crippen LogP contribution in [0.3, 0.4) is 0 Å². The molecule has 2 aromatic carbocycles. The normalized spacial score (nSPS) is 10.8. The predicted octanol–water partition coefficient (Wildman–Crippen LogP) is 2.64. The highest BCUT2D eigenvalue weighted by molar-refractivity contribution is 6.04. The summed E-state index contributed by atoms with van der Waals surface area (Å²) in [6, 6.07) is 13.5. The molecule has 47 heavy (non-hydrogen) atoms. The molecule has 0 fully saturated rings. The molecule has 14 heteroatoms. The number of anilines is 1. The van der Waals surface area contributed by atoms with Crippen LogP contribution in [0.15, 0.2) is 48.5 Å². The Morgan fingerprint density at radius 3 is 1.70 bits per heavy atom. The summed E-state index contributed by atoms with van der Waals surface area (Å²) in [6.07, 6.45) is 0.932. The molecule has 2 rings (SSSR count). The van der Waals surface area contributed by atoms with Gasteiger partial charge in [-0.1, -0.05) is 30.3 Å². The van der Waals surface area contributed by atoms with Gasteiger partial charge in [0.2, 0.25) is 0 Å². The molecule has 0 radical (unpaired) electrons. The number of alkyl carbamates (subject to hydrolysis) is 1. The zero-order chi connectivity index (χ0) is 34.0. The van der Waals surface area contributed by atoms with Gasteiger partial charge in [0.15, 0.2) is 11.6 Å². The van der Waals surface area contributed by atoms with Gasteiger partial charge in [0, 0.05) is 69.0 Å². The molecule has 0 aromatic heterocycles. The van der Waals surface area contributed by atoms with Crippen molar-refractivity contribution in [2.75, 3.05) is 84.4 Å². The van der Waals surface area contributed by atoms with Crippen molar-refractivity contribution in [2.45, 2.75) is 32.3 Å². The summed E-state index contributed by atoms with van der Waals surface area (Å²) in [6.45, 7) is 4.29. The van der Waals surface area contributed by atoms with Gasteiger partial charge < -0.3 is 51.1 Å². The number of Topliss-reactive ketones (excluding diaryl/α,β-unsaturated/α-hetero) is 2. The van der Waals surface area contributed by atoms with Crippen LogP contribution >= 0.6 is 0 Å². The van der Waals surface area contributed by atoms with E-state index in [2.05, 4.69) is 16.0 Å². The number of urea groups is 1. The zero-order valence-electron chi connectivity index (χ0n) is 27.0. The van der Waals surface area contributed by atoms with E-state index in [1.165, 1.54) is 0 Å². The summed E-state index contributed by atoms with van der Waals surface area (Å²) in [5, 5.41) is 7.99. The van der Waals surface area contributed by atoms with Crippen molar-refractivity contribution >= 4 is 29.4 Å². The summed E-state index contributed by atoms with van der Waals surface area (Å²) < 4.78 is 26.7. The molecule has 0 aliphatic rings. The lowest BCUT2D eigenvalue weighted by Gasteiger charge is -2.12. The lowest BCUT2D eigenvalue weighted by Crippen LogP contribution is -2.32. The van der Waals surface area contributed by atoms with Gasteiger partial charge in [0.1, 0.15) is 6.61 Å². The molecule has 0 spiro atoms. The van der Waals surface area contributed by atoms with Crippen molar-refractivity contribution in [1.82, 2.24) is 10.6 Å². The highest BCUT2D eigenvalue weighted by Gasteiger charge is 2.15. The molecule has 0 bridgehead atoms. The van der Waals surface area contributed by atoms with Crippen LogP contribution in [-0.4, -0.2) is 103 Å². The maximum atomic E-state index is 12.9. The fourth-order valence-corrected chi connectivity index (χ4v) is 4.08. The molecule has 0 atom stereocenters. The Morgan fingerprint density at radius 1 is 0.617 bits per heavy atom. The molecule has 0 aliphatic heterocycles. The van der Waals surface area contributed by atoms with Crippen molar-refractivity contribution in [1.29, 1.82) is 0 Å². The van der Waals surface area contributed by atoms with E-state index in [0.29, 0.717) is 95.5 Å². The molecule has 3 amide bonds. The Morgan fingerprint density at radius 2 is 1.15 bits per heavy atom. The number of benzene rings is 2. The van der Waals surface area contributed by atoms with Crippen molar-refractivity contribution in [3.63, 3.8) is 0 Å². The van der Waals surface area contributed by atoms with E-state index in [-0.39, 0.29) is 44.2 Å². The zero-order valence-corrected chi connectivity index (χ0v) is 27.0. The second-order valence-corrected chi connectivity index (χ2v) is 10.2. The predicted molar refractivity (Wildman–Crippen MR) is 177 cm³/mol. The van der Waals surface area contributed by atoms with Gasteiger partial charge >= 0.3 is 12.1 Å². The second kappa shape index (κ2) is 25.2. The third-order valence-corrected chi connectivity index (χ3v) is 6.38. The lowest BCUT2D eigenvalue weighted by molar-refractivity contribution is 0.0498. The van der Waals surface area contributed by atoms with Crippen molar-refractivity contribution in [3.8, 4) is 0 Å². The van der Waals surface area contributed by atoms with E-state index in [4.69, 9.17) is 35.2 Å². The van der Waals surface area contributed by atoms with Crippen LogP contribution in [-0.2, 0) is 30.3 Å². The average molecular weight is 660 g/mol. The number of nitrogens with two attached hydrogens (primary N) is 2. The van der Waals surface area contributed by atoms with E-state index in [1.807, 2.05) is 30.3 Å². The fourth-order valence-electron chi connectivity index (χ4n) is 4.08. The van der Waals surface area contributed by atoms with E-state index in [9.17, 15) is 19.2 Å². The topological polar surface area (TPSA) is 203 Å². The Balaban J connectivity index is 1.69. The molecule has 2 aromatic rings. The van der Waals surface area contributed by atoms with Gasteiger partial charge in [-0.05, 0) is 36.6 Å². The minimum atomic E-state index is -0.521. The summed E-state index contributed by atoms with van der Waals surface area (Å²) >= 11 is 0. The van der Waals surface area contributed by atoms with E-state index in [1.54, 1.807) is 18.2 Å². The van der Waals surface area contributed by atoms with E-state index in [0.717, 1.165) is 5.56 Å². The summed E-state index contributed by atoms with van der Waals surface area (Å²) in [7, 11) is 0. The molecule has 0 unspecified atom stereocenters. The van der Waals surface area contributed by atoms with Gasteiger partial charge in [0.25, 0.3) is 0 Å². The highest BCUT2D eigenvalue weighted by atomic mass is 16.6. The summed E-state index contributed by atoms with van der Waals surface area (Å²) in [4.78, 5) is 50.0. The van der Waals surface area contributed by atoms with Gasteiger partial charge in [-0.3, -0.25) is 9.59 Å². The molecular weight excluding hydrogens is 610 g/mol. The van der Waals surface area contributed by atoms with Crippen LogP contribution in [0.2, 0.25) is 0 Å². The largest absolute Gasteiger partial charge is 0.445 e. The number of hydrogen-bond acceptors (Lipinski definition) is 11. The van der Waals surface area contributed by atoms with Crippen molar-refractivity contribution in [2.24, 2.45) is 11.5 Å². The standard InChI is InChI=1S/C33H49N5O9/c34-10-16-43-14-4-8-30(39)27-22-28(31(40)9-5-15-44-17-11-35)24-29(23-27)38-32(41)36-12-18-45-20-21-46-19-13-37-33(42)47-25-26-6-2-1-3-7-26/h1-3,6-7,22-24H,4-5,8-21,25,34-35H2,(H,37,42)(H2,36,38,41). The smallest absolute Gasteiger partial charge is 0.407 e. The van der Waals surface area contributed by atoms with Crippen LogP contribution in [0.1, 0.15) is 52.0 Å². The first-order valence-corrected chi connectivity index (χ1v) is 15.8. The molecule has 0 saturated carbocycles. The third-order valence-electron chi connectivity index (χ3n) is 6.38. The first kappa shape index (κ1) is 39.3. The number of nitrogens with one attached hydrogen (secondary N) is 3. The minimum absolute atomic E-state index is 0.167. The SMILES string of the molecule is NCCOCCCC(=O)c1cc(NC(=O)NCCOCCOCCNC(=O)OCc2ccccc2)cc(C(=O)CCCOCCN)c1. The van der Waals surface area contributed by atoms with Crippen molar-refractivity contribution in [3.05, 3.63) is 65.2 Å². The third kappa shape index (κ3) is 18.7. The quantitative estimate of drug-likeness (QED) is 0.0734. The maximum Gasteiger partial charge on any atom is 0.407 e. The molecular formula is C33H49N5O9. The van der Waals surface area contributed by atoms with E-state index >= 15 is 0 Å². The number of carbonyl (C=O) groups excluding carboxylic acids is 4. The molecule has 0 aliphatic carbocycles. The number of hydrogen-bond donors (Lipinski definition) is 5. The molecule has 14 nitrogen and oxygen atoms in total. The maximum absolute atomic E-state index is 12.9. The monoisotopic (exact) mass is 659 g/mol. The van der Waals surface area contributed by atoms with Crippen molar-refractivity contribution < 1.29 is 42.9 Å². The van der Waals surface area contributed by atoms with Crippen LogP contribution in [0, 0.1) is 0 Å². The van der Waals surface area contributed by atoms with Gasteiger partial charge in [0.05, 0.1) is 39.6 Å².